The molecule has 172 valence electrons. The molecule has 1 N–H and O–H groups in total. The Morgan fingerprint density at radius 3 is 2.73 bits per heavy atom. The zero-order chi connectivity index (χ0) is 22.8. The van der Waals surface area contributed by atoms with Crippen molar-refractivity contribution in [3.63, 3.8) is 0 Å². The summed E-state index contributed by atoms with van der Waals surface area (Å²) in [7, 11) is 0. The summed E-state index contributed by atoms with van der Waals surface area (Å²) < 4.78 is 11.5. The highest BCUT2D eigenvalue weighted by atomic mass is 16.5. The van der Waals surface area contributed by atoms with Gasteiger partial charge in [0.1, 0.15) is 12.6 Å². The molecular weight excluding hydrogens is 422 g/mol. The normalized spacial score (nSPS) is 23.5. The minimum absolute atomic E-state index is 0.170. The largest absolute Gasteiger partial charge is 0.484 e. The summed E-state index contributed by atoms with van der Waals surface area (Å²) in [6.45, 7) is 4.95. The number of piperidine rings is 1. The monoisotopic (exact) mass is 449 g/mol. The number of nitrogens with zero attached hydrogens (tertiary/aromatic N) is 2. The van der Waals surface area contributed by atoms with Crippen molar-refractivity contribution in [3.8, 4) is 0 Å². The summed E-state index contributed by atoms with van der Waals surface area (Å²) in [5.74, 6) is -0.374. The Balaban J connectivity index is 1.27. The molecule has 0 bridgehead atoms. The maximum Gasteiger partial charge on any atom is 0.249 e. The Labute approximate surface area is 192 Å². The molecule has 5 rings (SSSR count). The number of nitrogens with one attached hydrogen (secondary N) is 1. The molecule has 0 aromatic heterocycles. The smallest absolute Gasteiger partial charge is 0.249 e. The van der Waals surface area contributed by atoms with Crippen molar-refractivity contribution in [2.45, 2.75) is 32.0 Å². The Hall–Kier alpha value is -3.23. The maximum atomic E-state index is 12.6. The number of benzene rings is 1. The zero-order valence-electron chi connectivity index (χ0n) is 18.4. The summed E-state index contributed by atoms with van der Waals surface area (Å²) in [6.07, 6.45) is 5.93. The Bertz CT molecular complexity index is 1070. The first-order chi connectivity index (χ1) is 16.1. The summed E-state index contributed by atoms with van der Waals surface area (Å²) in [4.78, 5) is 40.6. The van der Waals surface area contributed by atoms with Crippen LogP contribution in [0, 0.1) is 0 Å². The molecule has 2 saturated heterocycles. The van der Waals surface area contributed by atoms with Gasteiger partial charge in [0.25, 0.3) is 0 Å². The molecule has 8 nitrogen and oxygen atoms in total. The second kappa shape index (κ2) is 9.33. The topological polar surface area (TPSA) is 88.2 Å². The van der Waals surface area contributed by atoms with E-state index in [1.54, 1.807) is 6.08 Å². The molecule has 4 aliphatic rings. The Kier molecular flexibility index (Phi) is 6.11. The van der Waals surface area contributed by atoms with Crippen LogP contribution in [0.4, 0.5) is 0 Å². The molecule has 2 fully saturated rings. The molecule has 8 heteroatoms. The van der Waals surface area contributed by atoms with Crippen LogP contribution in [0.3, 0.4) is 0 Å². The molecule has 1 aliphatic carbocycles. The lowest BCUT2D eigenvalue weighted by atomic mass is 10.00. The van der Waals surface area contributed by atoms with Crippen LogP contribution in [-0.4, -0.2) is 66.3 Å². The lowest BCUT2D eigenvalue weighted by Gasteiger charge is -2.29. The fourth-order valence-corrected chi connectivity index (χ4v) is 4.66. The number of imide groups is 1. The molecule has 0 radical (unpaired) electrons. The van der Waals surface area contributed by atoms with Crippen LogP contribution >= 0.6 is 0 Å². The number of fused-ring (bicyclic) bond motifs is 1. The van der Waals surface area contributed by atoms with E-state index in [4.69, 9.17) is 9.47 Å². The second-order valence-electron chi connectivity index (χ2n) is 8.73. The summed E-state index contributed by atoms with van der Waals surface area (Å²) in [6, 6.07) is 7.81. The number of carbonyl (C=O) groups is 3. The van der Waals surface area contributed by atoms with Gasteiger partial charge in [0.2, 0.25) is 17.6 Å². The summed E-state index contributed by atoms with van der Waals surface area (Å²) in [5, 5.41) is 2.40. The molecule has 0 saturated carbocycles. The van der Waals surface area contributed by atoms with Crippen LogP contribution in [0.2, 0.25) is 0 Å². The fraction of sp³-hybridized carbons (Fsp3) is 0.400. The number of morpholine rings is 1. The standard InChI is InChI=1S/C25H27N3O5/c29-22-6-4-19-14-28(21-5-7-23(30)26-25(21)31)15-20(19)24(22)33-16-18-3-1-2-17(12-18)13-27-8-10-32-11-9-27/h1-4,6,12,14,21H,5,7-11,13,15-16H2,(H,26,30,31). The second-order valence-corrected chi connectivity index (χ2v) is 8.73. The highest BCUT2D eigenvalue weighted by Crippen LogP contribution is 2.32. The van der Waals surface area contributed by atoms with E-state index in [0.29, 0.717) is 31.8 Å². The van der Waals surface area contributed by atoms with E-state index in [0.717, 1.165) is 49.6 Å². The van der Waals surface area contributed by atoms with Gasteiger partial charge < -0.3 is 14.4 Å². The van der Waals surface area contributed by atoms with Crippen molar-refractivity contribution in [1.29, 1.82) is 0 Å². The highest BCUT2D eigenvalue weighted by Gasteiger charge is 2.36. The van der Waals surface area contributed by atoms with E-state index < -0.39 is 6.04 Å². The van der Waals surface area contributed by atoms with Gasteiger partial charge >= 0.3 is 0 Å². The molecular formula is C25H27N3O5. The van der Waals surface area contributed by atoms with Gasteiger partial charge in [0, 0.05) is 44.4 Å². The predicted molar refractivity (Wildman–Crippen MR) is 119 cm³/mol. The number of carbonyl (C=O) groups excluding carboxylic acids is 3. The molecule has 1 aromatic carbocycles. The molecule has 0 spiro atoms. The number of hydrogen-bond donors (Lipinski definition) is 1. The van der Waals surface area contributed by atoms with Crippen LogP contribution in [0.25, 0.3) is 0 Å². The van der Waals surface area contributed by atoms with Crippen LogP contribution in [0.5, 0.6) is 0 Å². The van der Waals surface area contributed by atoms with E-state index >= 15 is 0 Å². The van der Waals surface area contributed by atoms with Gasteiger partial charge in [0.05, 0.1) is 13.2 Å². The molecule has 33 heavy (non-hydrogen) atoms. The maximum absolute atomic E-state index is 12.6. The summed E-state index contributed by atoms with van der Waals surface area (Å²) in [5.41, 5.74) is 3.87. The first kappa shape index (κ1) is 21.6. The van der Waals surface area contributed by atoms with Crippen LogP contribution in [-0.2, 0) is 37.0 Å². The van der Waals surface area contributed by atoms with Crippen LogP contribution < -0.4 is 5.32 Å². The number of ketones is 1. The first-order valence-corrected chi connectivity index (χ1v) is 11.3. The molecule has 1 aromatic rings. The van der Waals surface area contributed by atoms with Crippen LogP contribution in [0.1, 0.15) is 24.0 Å². The lowest BCUT2D eigenvalue weighted by Crippen LogP contribution is -2.50. The summed E-state index contributed by atoms with van der Waals surface area (Å²) >= 11 is 0. The fourth-order valence-electron chi connectivity index (χ4n) is 4.66. The predicted octanol–water partition coefficient (Wildman–Crippen LogP) is 1.43. The van der Waals surface area contributed by atoms with E-state index in [1.165, 1.54) is 11.6 Å². The minimum Gasteiger partial charge on any atom is -0.484 e. The Morgan fingerprint density at radius 2 is 1.91 bits per heavy atom. The molecule has 2 amide bonds. The third kappa shape index (κ3) is 4.77. The molecule has 3 aliphatic heterocycles. The highest BCUT2D eigenvalue weighted by molar-refractivity contribution is 6.06. The number of rotatable bonds is 6. The molecule has 3 heterocycles. The number of allylic oxidation sites excluding steroid dienone is 2. The van der Waals surface area contributed by atoms with Crippen molar-refractivity contribution in [1.82, 2.24) is 15.1 Å². The average Bonchev–Trinajstić information content (AvgIpc) is 3.23. The minimum atomic E-state index is -0.421. The Morgan fingerprint density at radius 1 is 1.09 bits per heavy atom. The van der Waals surface area contributed by atoms with Crippen molar-refractivity contribution in [2.24, 2.45) is 0 Å². The van der Waals surface area contributed by atoms with Crippen molar-refractivity contribution < 1.29 is 23.9 Å². The van der Waals surface area contributed by atoms with Crippen LogP contribution in [0.15, 0.2) is 59.5 Å². The van der Waals surface area contributed by atoms with Gasteiger partial charge in [-0.3, -0.25) is 24.6 Å². The van der Waals surface area contributed by atoms with Gasteiger partial charge in [0.15, 0.2) is 5.76 Å². The SMILES string of the molecule is O=C1CCC(N2C=C3C=CC(=O)C(OCc4cccc(CN5CCOCC5)c4)=C3C2)C(=O)N1. The number of ether oxygens (including phenoxy) is 2. The third-order valence-electron chi connectivity index (χ3n) is 6.40. The van der Waals surface area contributed by atoms with E-state index in [2.05, 4.69) is 22.3 Å². The van der Waals surface area contributed by atoms with Gasteiger partial charge in [-0.1, -0.05) is 24.3 Å². The van der Waals surface area contributed by atoms with Crippen molar-refractivity contribution in [2.75, 3.05) is 32.8 Å². The van der Waals surface area contributed by atoms with Gasteiger partial charge in [-0.25, -0.2) is 0 Å². The molecule has 1 unspecified atom stereocenters. The third-order valence-corrected chi connectivity index (χ3v) is 6.40. The molecule has 1 atom stereocenters. The zero-order valence-corrected chi connectivity index (χ0v) is 18.4. The number of amides is 2. The van der Waals surface area contributed by atoms with Gasteiger partial charge in [-0.15, -0.1) is 0 Å². The van der Waals surface area contributed by atoms with E-state index in [1.807, 2.05) is 23.2 Å². The van der Waals surface area contributed by atoms with Crippen molar-refractivity contribution >= 4 is 17.6 Å². The first-order valence-electron chi connectivity index (χ1n) is 11.3. The van der Waals surface area contributed by atoms with E-state index in [9.17, 15) is 14.4 Å². The van der Waals surface area contributed by atoms with E-state index in [-0.39, 0.29) is 17.6 Å². The van der Waals surface area contributed by atoms with Crippen molar-refractivity contribution in [3.05, 3.63) is 70.6 Å². The number of hydrogen-bond acceptors (Lipinski definition) is 7. The lowest BCUT2D eigenvalue weighted by molar-refractivity contribution is -0.136. The quantitative estimate of drug-likeness (QED) is 0.658. The van der Waals surface area contributed by atoms with Gasteiger partial charge in [-0.05, 0) is 35.3 Å². The van der Waals surface area contributed by atoms with Gasteiger partial charge in [-0.2, -0.15) is 0 Å². The average molecular weight is 450 g/mol.